The molecule has 2 aromatic rings. The zero-order valence-corrected chi connectivity index (χ0v) is 14.7. The second kappa shape index (κ2) is 7.15. The quantitative estimate of drug-likeness (QED) is 0.908. The molecule has 1 aliphatic heterocycles. The molecule has 24 heavy (non-hydrogen) atoms. The average Bonchev–Trinajstić information content (AvgIpc) is 3.10. The van der Waals surface area contributed by atoms with Gasteiger partial charge in [-0.05, 0) is 37.0 Å². The van der Waals surface area contributed by atoms with Crippen molar-refractivity contribution in [3.8, 4) is 0 Å². The van der Waals surface area contributed by atoms with Gasteiger partial charge in [0.05, 0.1) is 17.4 Å². The predicted octanol–water partition coefficient (Wildman–Crippen LogP) is 2.94. The molecule has 2 heterocycles. The van der Waals surface area contributed by atoms with Gasteiger partial charge >= 0.3 is 0 Å². The van der Waals surface area contributed by atoms with E-state index in [4.69, 9.17) is 0 Å². The molecule has 5 nitrogen and oxygen atoms in total. The van der Waals surface area contributed by atoms with Crippen molar-refractivity contribution in [3.63, 3.8) is 0 Å². The van der Waals surface area contributed by atoms with E-state index in [-0.39, 0.29) is 24.4 Å². The molecule has 1 atom stereocenters. The molecule has 1 aromatic heterocycles. The number of hydrogen-bond acceptors (Lipinski definition) is 4. The Morgan fingerprint density at radius 3 is 2.83 bits per heavy atom. The van der Waals surface area contributed by atoms with Gasteiger partial charge in [-0.15, -0.1) is 11.3 Å². The van der Waals surface area contributed by atoms with E-state index in [9.17, 15) is 9.59 Å². The van der Waals surface area contributed by atoms with Gasteiger partial charge in [0.25, 0.3) is 0 Å². The Morgan fingerprint density at radius 1 is 1.33 bits per heavy atom. The lowest BCUT2D eigenvalue weighted by Crippen LogP contribution is -2.51. The van der Waals surface area contributed by atoms with Gasteiger partial charge in [0, 0.05) is 11.4 Å². The first-order valence-corrected chi connectivity index (χ1v) is 8.94. The molecule has 3 rings (SSSR count). The van der Waals surface area contributed by atoms with E-state index in [0.29, 0.717) is 5.69 Å². The molecule has 126 valence electrons. The molecule has 0 aliphatic carbocycles. The Hall–Kier alpha value is -2.18. The maximum Gasteiger partial charge on any atom is 0.244 e. The summed E-state index contributed by atoms with van der Waals surface area (Å²) in [6, 6.07) is 11.2. The number of fused-ring (bicyclic) bond motifs is 1. The number of benzene rings is 1. The average molecular weight is 343 g/mol. The van der Waals surface area contributed by atoms with Crippen molar-refractivity contribution in [1.29, 1.82) is 0 Å². The molecule has 1 N–H and O–H groups in total. The van der Waals surface area contributed by atoms with Gasteiger partial charge in [-0.25, -0.2) is 0 Å². The third kappa shape index (κ3) is 3.34. The van der Waals surface area contributed by atoms with E-state index in [2.05, 4.69) is 16.3 Å². The molecular formula is C18H21N3O2S. The molecule has 2 amide bonds. The lowest BCUT2D eigenvalue weighted by molar-refractivity contribution is -0.125. The van der Waals surface area contributed by atoms with Crippen molar-refractivity contribution < 1.29 is 9.59 Å². The van der Waals surface area contributed by atoms with E-state index in [1.54, 1.807) is 16.2 Å². The van der Waals surface area contributed by atoms with Gasteiger partial charge in [0.15, 0.2) is 0 Å². The fourth-order valence-electron chi connectivity index (χ4n) is 2.94. The van der Waals surface area contributed by atoms with Crippen LogP contribution in [0.2, 0.25) is 0 Å². The van der Waals surface area contributed by atoms with E-state index >= 15 is 0 Å². The summed E-state index contributed by atoms with van der Waals surface area (Å²) in [7, 11) is 0. The van der Waals surface area contributed by atoms with E-state index < -0.39 is 0 Å². The van der Waals surface area contributed by atoms with Crippen LogP contribution in [0.25, 0.3) is 0 Å². The summed E-state index contributed by atoms with van der Waals surface area (Å²) in [6.07, 6.45) is 0. The third-order valence-electron chi connectivity index (χ3n) is 4.29. The number of hydrogen-bond donors (Lipinski definition) is 1. The Labute approximate surface area is 145 Å². The minimum atomic E-state index is -0.295. The van der Waals surface area contributed by atoms with Crippen molar-refractivity contribution in [2.24, 2.45) is 0 Å². The maximum absolute atomic E-state index is 13.0. The van der Waals surface area contributed by atoms with E-state index in [1.807, 2.05) is 49.6 Å². The van der Waals surface area contributed by atoms with E-state index in [0.717, 1.165) is 18.8 Å². The second-order valence-corrected chi connectivity index (χ2v) is 6.84. The van der Waals surface area contributed by atoms with Crippen LogP contribution in [-0.2, 0) is 16.1 Å². The number of carbonyl (C=O) groups is 2. The minimum Gasteiger partial charge on any atom is -0.323 e. The van der Waals surface area contributed by atoms with Crippen LogP contribution < -0.4 is 10.2 Å². The number of nitrogens with zero attached hydrogens (tertiary/aromatic N) is 2. The fourth-order valence-corrected chi connectivity index (χ4v) is 3.67. The molecule has 0 saturated heterocycles. The summed E-state index contributed by atoms with van der Waals surface area (Å²) >= 11 is 1.69. The Balaban J connectivity index is 1.81. The second-order valence-electron chi connectivity index (χ2n) is 5.81. The summed E-state index contributed by atoms with van der Waals surface area (Å²) < 4.78 is 0. The number of para-hydroxylation sites is 2. The predicted molar refractivity (Wildman–Crippen MR) is 97.3 cm³/mol. The van der Waals surface area contributed by atoms with Crippen LogP contribution in [0.5, 0.6) is 0 Å². The fraction of sp³-hybridized carbons (Fsp3) is 0.333. The third-order valence-corrected chi connectivity index (χ3v) is 5.15. The van der Waals surface area contributed by atoms with Crippen LogP contribution in [0.4, 0.5) is 11.4 Å². The van der Waals surface area contributed by atoms with Crippen LogP contribution >= 0.6 is 11.3 Å². The van der Waals surface area contributed by atoms with Crippen molar-refractivity contribution in [2.75, 3.05) is 23.3 Å². The largest absolute Gasteiger partial charge is 0.323 e. The maximum atomic E-state index is 13.0. The lowest BCUT2D eigenvalue weighted by atomic mass is 10.1. The molecule has 0 saturated carbocycles. The molecule has 0 fully saturated rings. The van der Waals surface area contributed by atoms with Gasteiger partial charge in [-0.1, -0.05) is 25.1 Å². The molecule has 0 radical (unpaired) electrons. The highest BCUT2D eigenvalue weighted by Gasteiger charge is 2.31. The standard InChI is InChI=1S/C18H21N3O2S/c1-3-20(11-14-7-6-10-24-14)13(2)18(23)21-12-17(22)19-15-8-4-5-9-16(15)21/h4-10,13H,3,11-12H2,1-2H3,(H,19,22). The van der Waals surface area contributed by atoms with Crippen LogP contribution in [0.15, 0.2) is 41.8 Å². The van der Waals surface area contributed by atoms with Gasteiger partial charge in [-0.3, -0.25) is 19.4 Å². The minimum absolute atomic E-state index is 0.0456. The Kier molecular flexibility index (Phi) is 4.97. The lowest BCUT2D eigenvalue weighted by Gasteiger charge is -2.34. The molecule has 1 aliphatic rings. The molecule has 0 bridgehead atoms. The topological polar surface area (TPSA) is 52.7 Å². The molecule has 1 aromatic carbocycles. The van der Waals surface area contributed by atoms with Crippen LogP contribution in [0, 0.1) is 0 Å². The number of carbonyl (C=O) groups excluding carboxylic acids is 2. The number of thiophene rings is 1. The zero-order chi connectivity index (χ0) is 17.1. The van der Waals surface area contributed by atoms with Crippen LogP contribution in [0.3, 0.4) is 0 Å². The Bertz CT molecular complexity index is 730. The number of rotatable bonds is 5. The highest BCUT2D eigenvalue weighted by atomic mass is 32.1. The van der Waals surface area contributed by atoms with Crippen molar-refractivity contribution in [1.82, 2.24) is 4.90 Å². The molecule has 6 heteroatoms. The summed E-state index contributed by atoms with van der Waals surface area (Å²) in [4.78, 5) is 29.9. The van der Waals surface area contributed by atoms with Gasteiger partial charge in [0.1, 0.15) is 6.54 Å². The summed E-state index contributed by atoms with van der Waals surface area (Å²) in [5.74, 6) is -0.203. The highest BCUT2D eigenvalue weighted by molar-refractivity contribution is 7.09. The summed E-state index contributed by atoms with van der Waals surface area (Å²) in [5, 5.41) is 4.86. The van der Waals surface area contributed by atoms with Crippen molar-refractivity contribution >= 4 is 34.5 Å². The first kappa shape index (κ1) is 16.7. The summed E-state index contributed by atoms with van der Waals surface area (Å²) in [6.45, 7) is 5.54. The first-order chi connectivity index (χ1) is 11.6. The number of amides is 2. The van der Waals surface area contributed by atoms with E-state index in [1.165, 1.54) is 4.88 Å². The van der Waals surface area contributed by atoms with Gasteiger partial charge in [0.2, 0.25) is 11.8 Å². The normalized spacial score (nSPS) is 15.1. The number of likely N-dealkylation sites (N-methyl/N-ethyl adjacent to an activating group) is 1. The van der Waals surface area contributed by atoms with Crippen molar-refractivity contribution in [3.05, 3.63) is 46.7 Å². The summed E-state index contributed by atoms with van der Waals surface area (Å²) in [5.41, 5.74) is 1.46. The smallest absolute Gasteiger partial charge is 0.244 e. The van der Waals surface area contributed by atoms with Crippen LogP contribution in [-0.4, -0.2) is 35.8 Å². The SMILES string of the molecule is CCN(Cc1cccs1)C(C)C(=O)N1CC(=O)Nc2ccccc21. The van der Waals surface area contributed by atoms with Gasteiger partial charge < -0.3 is 5.32 Å². The van der Waals surface area contributed by atoms with Crippen molar-refractivity contribution in [2.45, 2.75) is 26.4 Å². The van der Waals surface area contributed by atoms with Gasteiger partial charge in [-0.2, -0.15) is 0 Å². The number of nitrogens with one attached hydrogen (secondary N) is 1. The first-order valence-electron chi connectivity index (χ1n) is 8.07. The highest BCUT2D eigenvalue weighted by Crippen LogP contribution is 2.30. The monoisotopic (exact) mass is 343 g/mol. The Morgan fingerprint density at radius 2 is 2.12 bits per heavy atom. The van der Waals surface area contributed by atoms with Crippen LogP contribution in [0.1, 0.15) is 18.7 Å². The molecular weight excluding hydrogens is 322 g/mol. The number of anilines is 2. The molecule has 0 spiro atoms. The molecule has 1 unspecified atom stereocenters. The zero-order valence-electron chi connectivity index (χ0n) is 13.9.